The van der Waals surface area contributed by atoms with Gasteiger partial charge in [0.1, 0.15) is 11.4 Å². The summed E-state index contributed by atoms with van der Waals surface area (Å²) < 4.78 is 23.1. The van der Waals surface area contributed by atoms with Crippen LogP contribution in [0.2, 0.25) is 0 Å². The van der Waals surface area contributed by atoms with Crippen LogP contribution in [0.4, 0.5) is 10.1 Å². The number of methoxy groups -OCH3 is 1. The van der Waals surface area contributed by atoms with Gasteiger partial charge in [-0.2, -0.15) is 0 Å². The van der Waals surface area contributed by atoms with Gasteiger partial charge in [-0.25, -0.2) is 14.2 Å². The third-order valence-corrected chi connectivity index (χ3v) is 3.53. The molecule has 27 heavy (non-hydrogen) atoms. The van der Waals surface area contributed by atoms with E-state index in [1.54, 1.807) is 0 Å². The summed E-state index contributed by atoms with van der Waals surface area (Å²) >= 11 is 0. The molecule has 0 saturated heterocycles. The first-order chi connectivity index (χ1) is 12.9. The quantitative estimate of drug-likeness (QED) is 0.696. The molecule has 0 unspecified atom stereocenters. The van der Waals surface area contributed by atoms with E-state index in [1.807, 2.05) is 0 Å². The van der Waals surface area contributed by atoms with E-state index in [1.165, 1.54) is 54.6 Å². The van der Waals surface area contributed by atoms with Crippen LogP contribution in [-0.4, -0.2) is 43.0 Å². The summed E-state index contributed by atoms with van der Waals surface area (Å²) in [6, 6.07) is 8.07. The fourth-order valence-corrected chi connectivity index (χ4v) is 2.23. The van der Waals surface area contributed by atoms with Crippen molar-refractivity contribution < 1.29 is 28.2 Å². The van der Waals surface area contributed by atoms with Gasteiger partial charge in [0.15, 0.2) is 6.61 Å². The minimum atomic E-state index is -0.790. The lowest BCUT2D eigenvalue weighted by Gasteiger charge is -2.22. The predicted molar refractivity (Wildman–Crippen MR) is 93.6 cm³/mol. The summed E-state index contributed by atoms with van der Waals surface area (Å²) in [5.74, 6) is -2.40. The van der Waals surface area contributed by atoms with Crippen LogP contribution in [0.25, 0.3) is 0 Å². The van der Waals surface area contributed by atoms with Gasteiger partial charge in [-0.3, -0.25) is 9.59 Å². The van der Waals surface area contributed by atoms with E-state index >= 15 is 0 Å². The molecule has 0 aliphatic heterocycles. The Hall–Kier alpha value is -3.49. The molecule has 0 spiro atoms. The molecule has 142 valence electrons. The number of carbonyl (C=O) groups is 3. The van der Waals surface area contributed by atoms with E-state index in [-0.39, 0.29) is 24.4 Å². The largest absolute Gasteiger partial charge is 0.480 e. The Labute approximate surface area is 154 Å². The van der Waals surface area contributed by atoms with Crippen LogP contribution in [0.15, 0.2) is 42.6 Å². The first-order valence-corrected chi connectivity index (χ1v) is 7.92. The highest BCUT2D eigenvalue weighted by atomic mass is 19.1. The lowest BCUT2D eigenvalue weighted by Crippen LogP contribution is -2.37. The molecule has 0 aliphatic carbocycles. The van der Waals surface area contributed by atoms with Crippen molar-refractivity contribution >= 4 is 23.5 Å². The van der Waals surface area contributed by atoms with Crippen molar-refractivity contribution in [2.45, 2.75) is 6.42 Å². The maximum absolute atomic E-state index is 13.1. The summed E-state index contributed by atoms with van der Waals surface area (Å²) in [6.45, 7) is -0.624. The zero-order valence-corrected chi connectivity index (χ0v) is 14.6. The second-order valence-electron chi connectivity index (χ2n) is 5.37. The molecule has 1 aromatic heterocycles. The summed E-state index contributed by atoms with van der Waals surface area (Å²) in [5.41, 5.74) is 5.54. The number of amides is 2. The van der Waals surface area contributed by atoms with E-state index in [9.17, 15) is 18.8 Å². The lowest BCUT2D eigenvalue weighted by molar-refractivity contribution is -0.121. The van der Waals surface area contributed by atoms with Gasteiger partial charge < -0.3 is 20.1 Å². The first kappa shape index (κ1) is 19.8. The number of primary amides is 1. The molecule has 1 aromatic carbocycles. The normalized spacial score (nSPS) is 10.1. The number of carbonyl (C=O) groups excluding carboxylic acids is 3. The molecule has 2 aromatic rings. The van der Waals surface area contributed by atoms with Crippen LogP contribution >= 0.6 is 0 Å². The van der Waals surface area contributed by atoms with Gasteiger partial charge >= 0.3 is 5.97 Å². The zero-order valence-electron chi connectivity index (χ0n) is 14.6. The topological polar surface area (TPSA) is 112 Å². The molecule has 2 rings (SSSR count). The number of nitrogens with two attached hydrogens (primary N) is 1. The standard InChI is InChI=1S/C18H18FN3O5/c1-26-17-14(3-2-9-21-17)18(25)27-11-16(24)22(10-8-15(20)23)13-6-4-12(19)5-7-13/h2-7,9H,8,10-11H2,1H3,(H2,20,23). The summed E-state index contributed by atoms with van der Waals surface area (Å²) in [7, 11) is 1.35. The van der Waals surface area contributed by atoms with Crippen molar-refractivity contribution in [3.63, 3.8) is 0 Å². The van der Waals surface area contributed by atoms with Gasteiger partial charge in [0, 0.05) is 24.8 Å². The van der Waals surface area contributed by atoms with Crippen LogP contribution in [0.3, 0.4) is 0 Å². The number of rotatable bonds is 8. The van der Waals surface area contributed by atoms with Gasteiger partial charge in [-0.1, -0.05) is 0 Å². The molecule has 8 nitrogen and oxygen atoms in total. The number of anilines is 1. The van der Waals surface area contributed by atoms with E-state index in [2.05, 4.69) is 4.98 Å². The van der Waals surface area contributed by atoms with Crippen LogP contribution in [0.5, 0.6) is 5.88 Å². The molecule has 0 fully saturated rings. The number of benzene rings is 1. The molecule has 0 aliphatic rings. The number of hydrogen-bond acceptors (Lipinski definition) is 6. The number of pyridine rings is 1. The molecule has 0 radical (unpaired) electrons. The van der Waals surface area contributed by atoms with E-state index in [0.29, 0.717) is 5.69 Å². The fraction of sp³-hybridized carbons (Fsp3) is 0.222. The van der Waals surface area contributed by atoms with E-state index in [0.717, 1.165) is 0 Å². The first-order valence-electron chi connectivity index (χ1n) is 7.92. The number of esters is 1. The van der Waals surface area contributed by atoms with E-state index < -0.39 is 30.2 Å². The fourth-order valence-electron chi connectivity index (χ4n) is 2.23. The second kappa shape index (κ2) is 9.27. The van der Waals surface area contributed by atoms with Crippen molar-refractivity contribution in [3.8, 4) is 5.88 Å². The number of hydrogen-bond donors (Lipinski definition) is 1. The monoisotopic (exact) mass is 375 g/mol. The minimum Gasteiger partial charge on any atom is -0.480 e. The Morgan fingerprint density at radius 2 is 1.89 bits per heavy atom. The van der Waals surface area contributed by atoms with E-state index in [4.69, 9.17) is 15.2 Å². The smallest absolute Gasteiger partial charge is 0.344 e. The zero-order chi connectivity index (χ0) is 19.8. The van der Waals surface area contributed by atoms with Crippen LogP contribution in [-0.2, 0) is 14.3 Å². The predicted octanol–water partition coefficient (Wildman–Crippen LogP) is 1.29. The number of halogens is 1. The Morgan fingerprint density at radius 1 is 1.19 bits per heavy atom. The molecule has 9 heteroatoms. The molecule has 0 saturated carbocycles. The summed E-state index contributed by atoms with van der Waals surface area (Å²) in [6.07, 6.45) is 1.34. The molecule has 2 amide bonds. The second-order valence-corrected chi connectivity index (χ2v) is 5.37. The van der Waals surface area contributed by atoms with Crippen molar-refractivity contribution in [2.75, 3.05) is 25.2 Å². The third-order valence-electron chi connectivity index (χ3n) is 3.53. The minimum absolute atomic E-state index is 0.0342. The average Bonchev–Trinajstić information content (AvgIpc) is 2.67. The van der Waals surface area contributed by atoms with Gasteiger partial charge in [-0.05, 0) is 36.4 Å². The Bertz CT molecular complexity index is 826. The maximum atomic E-state index is 13.1. The van der Waals surface area contributed by atoms with Crippen molar-refractivity contribution in [2.24, 2.45) is 5.73 Å². The van der Waals surface area contributed by atoms with Gasteiger partial charge in [0.2, 0.25) is 11.8 Å². The van der Waals surface area contributed by atoms with Crippen molar-refractivity contribution in [1.29, 1.82) is 0 Å². The summed E-state index contributed by atoms with van der Waals surface area (Å²) in [5, 5.41) is 0. The molecule has 2 N–H and O–H groups in total. The molecule has 0 atom stereocenters. The average molecular weight is 375 g/mol. The van der Waals surface area contributed by atoms with Gasteiger partial charge in [-0.15, -0.1) is 0 Å². The number of nitrogens with zero attached hydrogens (tertiary/aromatic N) is 2. The van der Waals surface area contributed by atoms with Crippen LogP contribution < -0.4 is 15.4 Å². The Kier molecular flexibility index (Phi) is 6.81. The molecular formula is C18H18FN3O5. The van der Waals surface area contributed by atoms with Gasteiger partial charge in [0.05, 0.1) is 7.11 Å². The molecule has 1 heterocycles. The lowest BCUT2D eigenvalue weighted by atomic mass is 10.2. The van der Waals surface area contributed by atoms with Gasteiger partial charge in [0.25, 0.3) is 5.91 Å². The Morgan fingerprint density at radius 3 is 2.52 bits per heavy atom. The van der Waals surface area contributed by atoms with Crippen molar-refractivity contribution in [3.05, 3.63) is 54.0 Å². The van der Waals surface area contributed by atoms with Crippen molar-refractivity contribution in [1.82, 2.24) is 4.98 Å². The highest BCUT2D eigenvalue weighted by Crippen LogP contribution is 2.17. The number of ether oxygens (including phenoxy) is 2. The highest BCUT2D eigenvalue weighted by Gasteiger charge is 2.20. The van der Waals surface area contributed by atoms with Crippen LogP contribution in [0.1, 0.15) is 16.8 Å². The highest BCUT2D eigenvalue weighted by molar-refractivity contribution is 5.98. The third kappa shape index (κ3) is 5.50. The molecular weight excluding hydrogens is 357 g/mol. The summed E-state index contributed by atoms with van der Waals surface area (Å²) in [4.78, 5) is 40.8. The maximum Gasteiger partial charge on any atom is 0.344 e. The van der Waals surface area contributed by atoms with Crippen LogP contribution in [0, 0.1) is 5.82 Å². The SMILES string of the molecule is COc1ncccc1C(=O)OCC(=O)N(CCC(N)=O)c1ccc(F)cc1. The Balaban J connectivity index is 2.09. The number of aromatic nitrogens is 1. The molecule has 0 bridgehead atoms.